The van der Waals surface area contributed by atoms with E-state index in [1.54, 1.807) is 32.2 Å². The fourth-order valence-electron chi connectivity index (χ4n) is 2.37. The molecule has 0 radical (unpaired) electrons. The molecule has 24 heavy (non-hydrogen) atoms. The van der Waals surface area contributed by atoms with Crippen molar-refractivity contribution in [2.45, 2.75) is 13.5 Å². The summed E-state index contributed by atoms with van der Waals surface area (Å²) in [4.78, 5) is 14.2. The van der Waals surface area contributed by atoms with Gasteiger partial charge in [0.15, 0.2) is 0 Å². The number of nitrogens with one attached hydrogen (secondary N) is 1. The number of benzene rings is 2. The lowest BCUT2D eigenvalue weighted by atomic mass is 10.1. The summed E-state index contributed by atoms with van der Waals surface area (Å²) in [6.45, 7) is 2.41. The van der Waals surface area contributed by atoms with Crippen molar-refractivity contribution in [2.75, 3.05) is 18.5 Å². The van der Waals surface area contributed by atoms with E-state index in [9.17, 15) is 13.6 Å². The Labute approximate surface area is 147 Å². The SMILES string of the molecule is CNCC(C)C(=O)N(Cc1ccccc1F)c1ccc(F)cc1.Cl. The van der Waals surface area contributed by atoms with Crippen molar-refractivity contribution in [3.8, 4) is 0 Å². The Balaban J connectivity index is 0.00000288. The van der Waals surface area contributed by atoms with Crippen LogP contribution in [0.3, 0.4) is 0 Å². The summed E-state index contributed by atoms with van der Waals surface area (Å²) in [6.07, 6.45) is 0. The lowest BCUT2D eigenvalue weighted by Crippen LogP contribution is -2.38. The Morgan fingerprint density at radius 2 is 1.75 bits per heavy atom. The van der Waals surface area contributed by atoms with Gasteiger partial charge in [-0.15, -0.1) is 12.4 Å². The standard InChI is InChI=1S/C18H20F2N2O.ClH/c1-13(11-21-2)18(23)22(16-9-7-15(19)8-10-16)12-14-5-3-4-6-17(14)20;/h3-10,13,21H,11-12H2,1-2H3;1H. The summed E-state index contributed by atoms with van der Waals surface area (Å²) in [5.74, 6) is -1.17. The first-order valence-corrected chi connectivity index (χ1v) is 7.48. The number of carbonyl (C=O) groups is 1. The topological polar surface area (TPSA) is 32.3 Å². The quantitative estimate of drug-likeness (QED) is 0.856. The van der Waals surface area contributed by atoms with Gasteiger partial charge in [0.05, 0.1) is 6.54 Å². The zero-order chi connectivity index (χ0) is 16.8. The fourth-order valence-corrected chi connectivity index (χ4v) is 2.37. The minimum atomic E-state index is -0.379. The molecule has 0 saturated carbocycles. The van der Waals surface area contributed by atoms with Crippen LogP contribution in [-0.4, -0.2) is 19.5 Å². The van der Waals surface area contributed by atoms with Gasteiger partial charge in [-0.3, -0.25) is 4.79 Å². The van der Waals surface area contributed by atoms with E-state index in [1.807, 2.05) is 0 Å². The Morgan fingerprint density at radius 1 is 1.12 bits per heavy atom. The molecule has 6 heteroatoms. The number of nitrogens with zero attached hydrogens (tertiary/aromatic N) is 1. The molecule has 2 aromatic carbocycles. The van der Waals surface area contributed by atoms with E-state index in [2.05, 4.69) is 5.32 Å². The van der Waals surface area contributed by atoms with Crippen molar-refractivity contribution >= 4 is 24.0 Å². The van der Waals surface area contributed by atoms with Crippen molar-refractivity contribution in [3.63, 3.8) is 0 Å². The number of carbonyl (C=O) groups excluding carboxylic acids is 1. The van der Waals surface area contributed by atoms with E-state index < -0.39 is 0 Å². The van der Waals surface area contributed by atoms with Gasteiger partial charge >= 0.3 is 0 Å². The Bertz CT molecular complexity index is 664. The van der Waals surface area contributed by atoms with E-state index in [0.29, 0.717) is 17.8 Å². The molecule has 3 nitrogen and oxygen atoms in total. The fraction of sp³-hybridized carbons (Fsp3) is 0.278. The number of rotatable bonds is 6. The Hall–Kier alpha value is -1.98. The van der Waals surface area contributed by atoms with Crippen LogP contribution in [0.25, 0.3) is 0 Å². The van der Waals surface area contributed by atoms with Crippen LogP contribution in [0.1, 0.15) is 12.5 Å². The predicted octanol–water partition coefficient (Wildman–Crippen LogP) is 3.78. The number of anilines is 1. The number of halogens is 3. The number of hydrogen-bond donors (Lipinski definition) is 1. The molecule has 0 saturated heterocycles. The number of hydrogen-bond acceptors (Lipinski definition) is 2. The molecular weight excluding hydrogens is 334 g/mol. The van der Waals surface area contributed by atoms with E-state index in [1.165, 1.54) is 35.2 Å². The van der Waals surface area contributed by atoms with Gasteiger partial charge in [0.1, 0.15) is 11.6 Å². The van der Waals surface area contributed by atoms with Crippen molar-refractivity contribution in [1.82, 2.24) is 5.32 Å². The molecule has 1 N–H and O–H groups in total. The van der Waals surface area contributed by atoms with Crippen LogP contribution in [0.4, 0.5) is 14.5 Å². The summed E-state index contributed by atoms with van der Waals surface area (Å²) in [7, 11) is 1.77. The molecule has 0 bridgehead atoms. The molecule has 0 heterocycles. The maximum Gasteiger partial charge on any atom is 0.231 e. The van der Waals surface area contributed by atoms with E-state index >= 15 is 0 Å². The lowest BCUT2D eigenvalue weighted by Gasteiger charge is -2.26. The highest BCUT2D eigenvalue weighted by atomic mass is 35.5. The molecule has 0 fully saturated rings. The smallest absolute Gasteiger partial charge is 0.231 e. The normalized spacial score (nSPS) is 11.5. The van der Waals surface area contributed by atoms with Crippen LogP contribution in [0.5, 0.6) is 0 Å². The molecule has 0 aliphatic rings. The second kappa shape index (κ2) is 9.35. The van der Waals surface area contributed by atoms with Gasteiger partial charge in [0.2, 0.25) is 5.91 Å². The summed E-state index contributed by atoms with van der Waals surface area (Å²) >= 11 is 0. The summed E-state index contributed by atoms with van der Waals surface area (Å²) in [6, 6.07) is 12.0. The average molecular weight is 355 g/mol. The van der Waals surface area contributed by atoms with Gasteiger partial charge in [0.25, 0.3) is 0 Å². The molecule has 0 spiro atoms. The highest BCUT2D eigenvalue weighted by Crippen LogP contribution is 2.21. The summed E-state index contributed by atoms with van der Waals surface area (Å²) < 4.78 is 27.1. The average Bonchev–Trinajstić information content (AvgIpc) is 2.55. The second-order valence-corrected chi connectivity index (χ2v) is 5.45. The molecule has 0 aliphatic carbocycles. The van der Waals surface area contributed by atoms with E-state index in [4.69, 9.17) is 0 Å². The van der Waals surface area contributed by atoms with Crippen molar-refractivity contribution in [2.24, 2.45) is 5.92 Å². The largest absolute Gasteiger partial charge is 0.319 e. The van der Waals surface area contributed by atoms with Crippen LogP contribution < -0.4 is 10.2 Å². The molecule has 1 amide bonds. The minimum Gasteiger partial charge on any atom is -0.319 e. The monoisotopic (exact) mass is 354 g/mol. The van der Waals surface area contributed by atoms with Gasteiger partial charge in [-0.25, -0.2) is 8.78 Å². The van der Waals surface area contributed by atoms with Crippen molar-refractivity contribution < 1.29 is 13.6 Å². The van der Waals surface area contributed by atoms with Gasteiger partial charge < -0.3 is 10.2 Å². The molecule has 1 atom stereocenters. The molecule has 1 unspecified atom stereocenters. The zero-order valence-corrected chi connectivity index (χ0v) is 14.4. The summed E-state index contributed by atoms with van der Waals surface area (Å²) in [5, 5.41) is 2.96. The summed E-state index contributed by atoms with van der Waals surface area (Å²) in [5.41, 5.74) is 0.962. The third-order valence-electron chi connectivity index (χ3n) is 3.62. The van der Waals surface area contributed by atoms with E-state index in [0.717, 1.165) is 0 Å². The first-order chi connectivity index (χ1) is 11.0. The molecular formula is C18H21ClF2N2O. The molecule has 130 valence electrons. The Kier molecular flexibility index (Phi) is 7.82. The highest BCUT2D eigenvalue weighted by molar-refractivity contribution is 5.94. The first kappa shape index (κ1) is 20.1. The van der Waals surface area contributed by atoms with Gasteiger partial charge in [-0.1, -0.05) is 25.1 Å². The predicted molar refractivity (Wildman–Crippen MR) is 94.3 cm³/mol. The van der Waals surface area contributed by atoms with Gasteiger partial charge in [0, 0.05) is 23.7 Å². The maximum atomic E-state index is 13.9. The molecule has 2 rings (SSSR count). The molecule has 0 aromatic heterocycles. The van der Waals surface area contributed by atoms with Crippen molar-refractivity contribution in [1.29, 1.82) is 0 Å². The third-order valence-corrected chi connectivity index (χ3v) is 3.62. The first-order valence-electron chi connectivity index (χ1n) is 7.48. The van der Waals surface area contributed by atoms with Crippen LogP contribution in [0, 0.1) is 17.6 Å². The van der Waals surface area contributed by atoms with E-state index in [-0.39, 0.29) is 42.4 Å². The van der Waals surface area contributed by atoms with Crippen LogP contribution >= 0.6 is 12.4 Å². The van der Waals surface area contributed by atoms with Crippen LogP contribution in [0.2, 0.25) is 0 Å². The van der Waals surface area contributed by atoms with Crippen LogP contribution in [-0.2, 0) is 11.3 Å². The van der Waals surface area contributed by atoms with Gasteiger partial charge in [-0.05, 0) is 37.4 Å². The number of amides is 1. The molecule has 0 aliphatic heterocycles. The van der Waals surface area contributed by atoms with Crippen molar-refractivity contribution in [3.05, 3.63) is 65.7 Å². The lowest BCUT2D eigenvalue weighted by molar-refractivity contribution is -0.121. The zero-order valence-electron chi connectivity index (χ0n) is 13.6. The molecule has 2 aromatic rings. The second-order valence-electron chi connectivity index (χ2n) is 5.45. The maximum absolute atomic E-state index is 13.9. The minimum absolute atomic E-state index is 0. The third kappa shape index (κ3) is 5.01. The van der Waals surface area contributed by atoms with Crippen LogP contribution in [0.15, 0.2) is 48.5 Å². The Morgan fingerprint density at radius 3 is 2.33 bits per heavy atom. The van der Waals surface area contributed by atoms with Gasteiger partial charge in [-0.2, -0.15) is 0 Å². The highest BCUT2D eigenvalue weighted by Gasteiger charge is 2.22.